The van der Waals surface area contributed by atoms with E-state index in [2.05, 4.69) is 22.5 Å². The fourth-order valence-electron chi connectivity index (χ4n) is 2.58. The maximum atomic E-state index is 12.4. The minimum absolute atomic E-state index is 0.0134. The van der Waals surface area contributed by atoms with E-state index < -0.39 is 0 Å². The highest BCUT2D eigenvalue weighted by molar-refractivity contribution is 8.02. The number of hydrogen-bond acceptors (Lipinski definition) is 5. The van der Waals surface area contributed by atoms with Crippen LogP contribution in [0.25, 0.3) is 5.69 Å². The second-order valence-corrected chi connectivity index (χ2v) is 9.33. The first kappa shape index (κ1) is 19.8. The van der Waals surface area contributed by atoms with Crippen LogP contribution in [0.4, 0.5) is 0 Å². The van der Waals surface area contributed by atoms with E-state index in [4.69, 9.17) is 12.2 Å². The summed E-state index contributed by atoms with van der Waals surface area (Å²) in [5.74, 6) is 0.0134. The third-order valence-electron chi connectivity index (χ3n) is 4.08. The largest absolute Gasteiger partial charge is 0.355 e. The Kier molecular flexibility index (Phi) is 6.82. The van der Waals surface area contributed by atoms with Crippen LogP contribution in [0.1, 0.15) is 18.1 Å². The fraction of sp³-hybridized carbons (Fsp3) is 0.250. The van der Waals surface area contributed by atoms with Gasteiger partial charge in [0.25, 0.3) is 0 Å². The van der Waals surface area contributed by atoms with E-state index in [0.29, 0.717) is 10.5 Å². The summed E-state index contributed by atoms with van der Waals surface area (Å²) >= 11 is 8.34. The summed E-state index contributed by atoms with van der Waals surface area (Å²) in [6.07, 6.45) is 0.824. The van der Waals surface area contributed by atoms with Crippen molar-refractivity contribution in [2.24, 2.45) is 0 Å². The van der Waals surface area contributed by atoms with Gasteiger partial charge in [-0.25, -0.2) is 4.68 Å². The second kappa shape index (κ2) is 9.30. The van der Waals surface area contributed by atoms with E-state index in [1.807, 2.05) is 56.3 Å². The standard InChI is InChI=1S/C20H21N3OS3/c1-14-8-6-7-11-17(14)23-20(25)27-19(22-23)26-15(2)18(24)21-13-12-16-9-4-3-5-10-16/h3-11,15H,12-13H2,1-2H3,(H,21,24)/t15-/m0/s1. The first-order valence-corrected chi connectivity index (χ1v) is 10.8. The third-order valence-corrected chi connectivity index (χ3v) is 6.49. The Morgan fingerprint density at radius 3 is 2.67 bits per heavy atom. The van der Waals surface area contributed by atoms with Gasteiger partial charge in [-0.15, -0.1) is 5.10 Å². The first-order chi connectivity index (χ1) is 13.0. The number of amides is 1. The summed E-state index contributed by atoms with van der Waals surface area (Å²) in [6.45, 7) is 4.55. The van der Waals surface area contributed by atoms with Crippen LogP contribution in [0.3, 0.4) is 0 Å². The number of aromatic nitrogens is 2. The van der Waals surface area contributed by atoms with Gasteiger partial charge in [-0.1, -0.05) is 71.6 Å². The summed E-state index contributed by atoms with van der Waals surface area (Å²) in [4.78, 5) is 12.4. The van der Waals surface area contributed by atoms with Gasteiger partial charge in [0, 0.05) is 6.54 Å². The van der Waals surface area contributed by atoms with Crippen molar-refractivity contribution in [2.75, 3.05) is 6.54 Å². The molecule has 0 saturated heterocycles. The molecule has 0 fully saturated rings. The van der Waals surface area contributed by atoms with Crippen LogP contribution in [0.2, 0.25) is 0 Å². The van der Waals surface area contributed by atoms with E-state index in [1.165, 1.54) is 28.7 Å². The van der Waals surface area contributed by atoms with Gasteiger partial charge in [0.05, 0.1) is 10.9 Å². The van der Waals surface area contributed by atoms with E-state index in [-0.39, 0.29) is 11.2 Å². The number of nitrogens with one attached hydrogen (secondary N) is 1. The molecule has 0 aliphatic rings. The summed E-state index contributed by atoms with van der Waals surface area (Å²) in [5, 5.41) is 7.37. The van der Waals surface area contributed by atoms with Crippen LogP contribution in [0.5, 0.6) is 0 Å². The third kappa shape index (κ3) is 5.28. The molecule has 1 atom stereocenters. The van der Waals surface area contributed by atoms with Crippen molar-refractivity contribution in [1.29, 1.82) is 0 Å². The Morgan fingerprint density at radius 1 is 1.22 bits per heavy atom. The van der Waals surface area contributed by atoms with E-state index in [1.54, 1.807) is 4.68 Å². The molecule has 3 rings (SSSR count). The number of carbonyl (C=O) groups is 1. The predicted octanol–water partition coefficient (Wildman–Crippen LogP) is 4.81. The molecule has 0 aliphatic carbocycles. The summed E-state index contributed by atoms with van der Waals surface area (Å²) in [6, 6.07) is 18.1. The van der Waals surface area contributed by atoms with Crippen LogP contribution < -0.4 is 5.32 Å². The molecule has 0 saturated carbocycles. The Labute approximate surface area is 172 Å². The Morgan fingerprint density at radius 2 is 1.93 bits per heavy atom. The average molecular weight is 416 g/mol. The fourth-order valence-corrected chi connectivity index (χ4v) is 5.10. The van der Waals surface area contributed by atoms with Crippen molar-refractivity contribution >= 4 is 41.2 Å². The van der Waals surface area contributed by atoms with Gasteiger partial charge in [0.1, 0.15) is 0 Å². The van der Waals surface area contributed by atoms with Gasteiger partial charge in [-0.05, 0) is 49.7 Å². The zero-order chi connectivity index (χ0) is 19.2. The second-order valence-electron chi connectivity index (χ2n) is 6.12. The number of para-hydroxylation sites is 1. The normalized spacial score (nSPS) is 11.9. The Balaban J connectivity index is 1.58. The number of nitrogens with zero attached hydrogens (tertiary/aromatic N) is 2. The molecule has 1 N–H and O–H groups in total. The molecule has 0 radical (unpaired) electrons. The maximum Gasteiger partial charge on any atom is 0.233 e. The first-order valence-electron chi connectivity index (χ1n) is 8.69. The molecule has 2 aromatic carbocycles. The Hall–Kier alpha value is -1.96. The SMILES string of the molecule is Cc1ccccc1-n1nc(S[C@@H](C)C(=O)NCCc2ccccc2)sc1=S. The lowest BCUT2D eigenvalue weighted by molar-refractivity contribution is -0.120. The predicted molar refractivity (Wildman–Crippen MR) is 115 cm³/mol. The van der Waals surface area contributed by atoms with Gasteiger partial charge in [0.15, 0.2) is 8.29 Å². The summed E-state index contributed by atoms with van der Waals surface area (Å²) < 4.78 is 3.26. The van der Waals surface area contributed by atoms with Gasteiger partial charge in [-0.3, -0.25) is 4.79 Å². The van der Waals surface area contributed by atoms with Crippen LogP contribution in [-0.2, 0) is 11.2 Å². The smallest absolute Gasteiger partial charge is 0.233 e. The van der Waals surface area contributed by atoms with Crippen molar-refractivity contribution in [1.82, 2.24) is 15.1 Å². The van der Waals surface area contributed by atoms with Crippen molar-refractivity contribution in [3.05, 3.63) is 69.7 Å². The molecule has 140 valence electrons. The molecule has 1 heterocycles. The molecule has 1 amide bonds. The monoisotopic (exact) mass is 415 g/mol. The van der Waals surface area contributed by atoms with E-state index in [0.717, 1.165) is 22.0 Å². The minimum Gasteiger partial charge on any atom is -0.355 e. The highest BCUT2D eigenvalue weighted by Crippen LogP contribution is 2.28. The highest BCUT2D eigenvalue weighted by atomic mass is 32.2. The molecule has 0 aliphatic heterocycles. The lowest BCUT2D eigenvalue weighted by atomic mass is 10.1. The molecule has 0 spiro atoms. The minimum atomic E-state index is -0.230. The van der Waals surface area contributed by atoms with Crippen molar-refractivity contribution in [3.63, 3.8) is 0 Å². The molecule has 0 bridgehead atoms. The van der Waals surface area contributed by atoms with Crippen molar-refractivity contribution < 1.29 is 4.79 Å². The Bertz CT molecular complexity index is 966. The summed E-state index contributed by atoms with van der Waals surface area (Å²) in [5.41, 5.74) is 3.31. The number of aryl methyl sites for hydroxylation is 1. The number of rotatable bonds is 7. The maximum absolute atomic E-state index is 12.4. The van der Waals surface area contributed by atoms with Crippen molar-refractivity contribution in [3.8, 4) is 5.69 Å². The number of carbonyl (C=O) groups excluding carboxylic acids is 1. The molecule has 4 nitrogen and oxygen atoms in total. The van der Waals surface area contributed by atoms with Crippen LogP contribution >= 0.6 is 35.3 Å². The lowest BCUT2D eigenvalue weighted by Crippen LogP contribution is -2.32. The number of benzene rings is 2. The molecule has 7 heteroatoms. The van der Waals surface area contributed by atoms with Gasteiger partial charge in [0.2, 0.25) is 5.91 Å². The molecule has 3 aromatic rings. The zero-order valence-electron chi connectivity index (χ0n) is 15.2. The zero-order valence-corrected chi connectivity index (χ0v) is 17.7. The number of hydrogen-bond donors (Lipinski definition) is 1. The highest BCUT2D eigenvalue weighted by Gasteiger charge is 2.17. The van der Waals surface area contributed by atoms with Gasteiger partial charge < -0.3 is 5.32 Å². The van der Waals surface area contributed by atoms with Crippen LogP contribution in [0, 0.1) is 10.9 Å². The van der Waals surface area contributed by atoms with Gasteiger partial charge >= 0.3 is 0 Å². The van der Waals surface area contributed by atoms with Crippen LogP contribution in [-0.4, -0.2) is 27.5 Å². The molecular weight excluding hydrogens is 394 g/mol. The molecule has 1 aromatic heterocycles. The van der Waals surface area contributed by atoms with Crippen molar-refractivity contribution in [2.45, 2.75) is 29.9 Å². The van der Waals surface area contributed by atoms with E-state index >= 15 is 0 Å². The average Bonchev–Trinajstić information content (AvgIpc) is 3.02. The molecule has 27 heavy (non-hydrogen) atoms. The molecular formula is C20H21N3OS3. The lowest BCUT2D eigenvalue weighted by Gasteiger charge is -2.10. The van der Waals surface area contributed by atoms with Crippen LogP contribution in [0.15, 0.2) is 58.9 Å². The number of thioether (sulfide) groups is 1. The van der Waals surface area contributed by atoms with Gasteiger partial charge in [-0.2, -0.15) is 0 Å². The topological polar surface area (TPSA) is 46.9 Å². The molecule has 0 unspecified atom stereocenters. The summed E-state index contributed by atoms with van der Waals surface area (Å²) in [7, 11) is 0. The quantitative estimate of drug-likeness (QED) is 0.444. The van der Waals surface area contributed by atoms with E-state index in [9.17, 15) is 4.79 Å².